The van der Waals surface area contributed by atoms with Crippen molar-refractivity contribution in [3.8, 4) is 5.75 Å². The summed E-state index contributed by atoms with van der Waals surface area (Å²) in [7, 11) is -0.405. The SMILES string of the molecule is COCOc1ccc(CCC(O[Si](C)(C)C(C)(C)C)c2ccccc2)nc1C=O. The van der Waals surface area contributed by atoms with Crippen molar-refractivity contribution in [1.29, 1.82) is 0 Å². The van der Waals surface area contributed by atoms with Gasteiger partial charge in [0.25, 0.3) is 0 Å². The lowest BCUT2D eigenvalue weighted by Gasteiger charge is -2.39. The van der Waals surface area contributed by atoms with Crippen molar-refractivity contribution < 1.29 is 18.7 Å². The van der Waals surface area contributed by atoms with E-state index in [2.05, 4.69) is 51.0 Å². The van der Waals surface area contributed by atoms with Crippen molar-refractivity contribution in [2.75, 3.05) is 13.9 Å². The molecule has 1 atom stereocenters. The van der Waals surface area contributed by atoms with Crippen LogP contribution < -0.4 is 4.74 Å². The number of methoxy groups -OCH3 is 1. The van der Waals surface area contributed by atoms with Gasteiger partial charge in [0.15, 0.2) is 27.1 Å². The summed E-state index contributed by atoms with van der Waals surface area (Å²) in [6.07, 6.45) is 2.21. The second-order valence-corrected chi connectivity index (χ2v) is 13.4. The lowest BCUT2D eigenvalue weighted by atomic mass is 10.0. The summed E-state index contributed by atoms with van der Waals surface area (Å²) in [4.78, 5) is 15.9. The third kappa shape index (κ3) is 6.49. The molecule has 1 aromatic carbocycles. The molecule has 0 spiro atoms. The predicted octanol–water partition coefficient (Wildman–Crippen LogP) is 5.57. The highest BCUT2D eigenvalue weighted by Crippen LogP contribution is 2.40. The van der Waals surface area contributed by atoms with Crippen LogP contribution >= 0.6 is 0 Å². The van der Waals surface area contributed by atoms with E-state index in [1.165, 1.54) is 12.7 Å². The Morgan fingerprint density at radius 1 is 1.10 bits per heavy atom. The molecule has 0 radical (unpaired) electrons. The van der Waals surface area contributed by atoms with Crippen LogP contribution in [-0.4, -0.2) is 33.5 Å². The highest BCUT2D eigenvalue weighted by Gasteiger charge is 2.39. The summed E-state index contributed by atoms with van der Waals surface area (Å²) in [5.74, 6) is 0.433. The number of hydrogen-bond donors (Lipinski definition) is 0. The van der Waals surface area contributed by atoms with E-state index in [4.69, 9.17) is 13.9 Å². The topological polar surface area (TPSA) is 57.6 Å². The van der Waals surface area contributed by atoms with Crippen LogP contribution in [0.4, 0.5) is 0 Å². The zero-order chi connectivity index (χ0) is 21.5. The lowest BCUT2D eigenvalue weighted by Crippen LogP contribution is -2.42. The van der Waals surface area contributed by atoms with Crippen LogP contribution in [0.15, 0.2) is 42.5 Å². The van der Waals surface area contributed by atoms with E-state index < -0.39 is 8.32 Å². The van der Waals surface area contributed by atoms with Crippen molar-refractivity contribution in [3.63, 3.8) is 0 Å². The van der Waals surface area contributed by atoms with Crippen molar-refractivity contribution in [1.82, 2.24) is 4.98 Å². The fraction of sp³-hybridized carbons (Fsp3) is 0.478. The molecular formula is C23H33NO4Si. The highest BCUT2D eigenvalue weighted by molar-refractivity contribution is 6.74. The Morgan fingerprint density at radius 2 is 1.79 bits per heavy atom. The van der Waals surface area contributed by atoms with Crippen LogP contribution in [0.3, 0.4) is 0 Å². The van der Waals surface area contributed by atoms with Crippen LogP contribution in [0.1, 0.15) is 55.0 Å². The number of hydrogen-bond acceptors (Lipinski definition) is 5. The van der Waals surface area contributed by atoms with Gasteiger partial charge in [-0.2, -0.15) is 0 Å². The number of carbonyl (C=O) groups is 1. The number of aromatic nitrogens is 1. The molecule has 2 rings (SSSR count). The van der Waals surface area contributed by atoms with E-state index in [-0.39, 0.29) is 17.9 Å². The molecule has 29 heavy (non-hydrogen) atoms. The summed E-state index contributed by atoms with van der Waals surface area (Å²) in [6, 6.07) is 14.0. The zero-order valence-corrected chi connectivity index (χ0v) is 19.4. The molecule has 0 saturated carbocycles. The quantitative estimate of drug-likeness (QED) is 0.288. The average molecular weight is 416 g/mol. The van der Waals surface area contributed by atoms with Crippen LogP contribution in [-0.2, 0) is 15.6 Å². The Morgan fingerprint density at radius 3 is 2.38 bits per heavy atom. The number of aryl methyl sites for hydroxylation is 1. The van der Waals surface area contributed by atoms with E-state index in [1.54, 1.807) is 6.07 Å². The minimum Gasteiger partial charge on any atom is -0.465 e. The first kappa shape index (κ1) is 23.3. The molecule has 0 amide bonds. The zero-order valence-electron chi connectivity index (χ0n) is 18.4. The molecule has 0 bridgehead atoms. The van der Waals surface area contributed by atoms with Crippen LogP contribution in [0.25, 0.3) is 0 Å². The van der Waals surface area contributed by atoms with Gasteiger partial charge in [-0.3, -0.25) is 4.79 Å². The Kier molecular flexibility index (Phi) is 8.13. The first-order valence-corrected chi connectivity index (χ1v) is 12.9. The van der Waals surface area contributed by atoms with E-state index in [0.29, 0.717) is 17.9 Å². The second-order valence-electron chi connectivity index (χ2n) is 8.67. The van der Waals surface area contributed by atoms with Crippen molar-refractivity contribution in [3.05, 3.63) is 59.4 Å². The first-order chi connectivity index (χ1) is 13.7. The first-order valence-electron chi connectivity index (χ1n) is 9.97. The monoisotopic (exact) mass is 415 g/mol. The number of nitrogens with zero attached hydrogens (tertiary/aromatic N) is 1. The average Bonchev–Trinajstić information content (AvgIpc) is 2.69. The minimum atomic E-state index is -1.94. The molecule has 158 valence electrons. The molecular weight excluding hydrogens is 382 g/mol. The third-order valence-corrected chi connectivity index (χ3v) is 9.95. The van der Waals surface area contributed by atoms with Gasteiger partial charge in [-0.1, -0.05) is 51.1 Å². The van der Waals surface area contributed by atoms with Gasteiger partial charge < -0.3 is 13.9 Å². The third-order valence-electron chi connectivity index (χ3n) is 5.46. The van der Waals surface area contributed by atoms with Gasteiger partial charge in [0.05, 0.1) is 6.10 Å². The normalized spacial score (nSPS) is 13.2. The number of ether oxygens (including phenoxy) is 2. The molecule has 0 aliphatic rings. The fourth-order valence-electron chi connectivity index (χ4n) is 2.75. The molecule has 0 saturated heterocycles. The number of aldehydes is 1. The summed E-state index contributed by atoms with van der Waals surface area (Å²) < 4.78 is 17.0. The van der Waals surface area contributed by atoms with E-state index in [1.807, 2.05) is 24.3 Å². The standard InChI is InChI=1S/C23H33NO4Si/c1-23(2,3)29(5,6)28-21(18-10-8-7-9-11-18)14-12-19-13-15-22(27-17-26-4)20(16-25)24-19/h7-11,13,15-16,21H,12,14,17H2,1-6H3. The van der Waals surface area contributed by atoms with Crippen LogP contribution in [0.2, 0.25) is 18.1 Å². The molecule has 6 heteroatoms. The molecule has 0 fully saturated rings. The summed E-state index contributed by atoms with van der Waals surface area (Å²) in [5.41, 5.74) is 2.31. The van der Waals surface area contributed by atoms with Crippen molar-refractivity contribution >= 4 is 14.6 Å². The largest absolute Gasteiger partial charge is 0.465 e. The molecule has 2 aromatic rings. The summed E-state index contributed by atoms with van der Waals surface area (Å²) in [6.45, 7) is 11.4. The van der Waals surface area contributed by atoms with Gasteiger partial charge in [0.1, 0.15) is 5.69 Å². The Bertz CT molecular complexity index is 787. The van der Waals surface area contributed by atoms with Gasteiger partial charge >= 0.3 is 0 Å². The number of benzene rings is 1. The predicted molar refractivity (Wildman–Crippen MR) is 118 cm³/mol. The van der Waals surface area contributed by atoms with E-state index in [0.717, 1.165) is 18.4 Å². The Balaban J connectivity index is 2.19. The van der Waals surface area contributed by atoms with Gasteiger partial charge in [-0.05, 0) is 48.7 Å². The lowest BCUT2D eigenvalue weighted by molar-refractivity contribution is 0.0502. The molecule has 1 unspecified atom stereocenters. The molecule has 1 heterocycles. The summed E-state index contributed by atoms with van der Waals surface area (Å²) in [5, 5.41) is 0.128. The molecule has 0 aliphatic heterocycles. The maximum atomic E-state index is 11.4. The van der Waals surface area contributed by atoms with E-state index >= 15 is 0 Å². The number of carbonyl (C=O) groups excluding carboxylic acids is 1. The maximum Gasteiger partial charge on any atom is 0.192 e. The van der Waals surface area contributed by atoms with Crippen molar-refractivity contribution in [2.24, 2.45) is 0 Å². The number of pyridine rings is 1. The molecule has 1 aromatic heterocycles. The second kappa shape index (κ2) is 10.1. The van der Waals surface area contributed by atoms with Gasteiger partial charge in [-0.15, -0.1) is 0 Å². The minimum absolute atomic E-state index is 0.0111. The molecule has 5 nitrogen and oxygen atoms in total. The molecule has 0 aliphatic carbocycles. The summed E-state index contributed by atoms with van der Waals surface area (Å²) >= 11 is 0. The van der Waals surface area contributed by atoms with Gasteiger partial charge in [0.2, 0.25) is 0 Å². The molecule has 0 N–H and O–H groups in total. The number of rotatable bonds is 10. The van der Waals surface area contributed by atoms with Gasteiger partial charge in [-0.25, -0.2) is 4.98 Å². The van der Waals surface area contributed by atoms with Gasteiger partial charge in [0, 0.05) is 12.8 Å². The fourth-order valence-corrected chi connectivity index (χ4v) is 4.06. The van der Waals surface area contributed by atoms with Crippen LogP contribution in [0, 0.1) is 0 Å². The van der Waals surface area contributed by atoms with Crippen molar-refractivity contribution in [2.45, 2.75) is 57.8 Å². The highest BCUT2D eigenvalue weighted by atomic mass is 28.4. The Labute approximate surface area is 175 Å². The van der Waals surface area contributed by atoms with E-state index in [9.17, 15) is 4.79 Å². The maximum absolute atomic E-state index is 11.4. The Hall–Kier alpha value is -2.02. The van der Waals surface area contributed by atoms with Crippen LogP contribution in [0.5, 0.6) is 5.75 Å². The smallest absolute Gasteiger partial charge is 0.192 e.